The van der Waals surface area contributed by atoms with Crippen LogP contribution in [0, 0.1) is 59.2 Å². The van der Waals surface area contributed by atoms with Crippen LogP contribution in [0.25, 0.3) is 0 Å². The topological polar surface area (TPSA) is 149 Å². The third-order valence-electron chi connectivity index (χ3n) is 8.96. The Balaban J connectivity index is 1.41. The average Bonchev–Trinajstić information content (AvgIpc) is 3.19. The molecule has 0 amide bonds. The minimum absolute atomic E-state index is 0.0385. The van der Waals surface area contributed by atoms with E-state index in [9.17, 15) is 39.6 Å². The Kier molecular flexibility index (Phi) is 2.72. The maximum Gasteiger partial charge on any atom is 0.332 e. The van der Waals surface area contributed by atoms with Crippen LogP contribution in [0.5, 0.6) is 0 Å². The van der Waals surface area contributed by atoms with Crippen molar-refractivity contribution in [2.24, 2.45) is 59.2 Å². The molecule has 0 radical (unpaired) electrons. The van der Waals surface area contributed by atoms with Gasteiger partial charge in [0.05, 0.1) is 22.3 Å². The Morgan fingerprint density at radius 2 is 0.714 bits per heavy atom. The second kappa shape index (κ2) is 4.67. The highest BCUT2D eigenvalue weighted by Crippen LogP contribution is 2.79. The molecular weight excluding hydrogens is 368 g/mol. The molecule has 6 aliphatic rings. The van der Waals surface area contributed by atoms with Gasteiger partial charge < -0.3 is 20.4 Å². The molecule has 4 N–H and O–H groups in total. The summed E-state index contributed by atoms with van der Waals surface area (Å²) in [6.07, 6.45) is 1.55. The molecule has 8 atom stereocenters. The van der Waals surface area contributed by atoms with E-state index in [1.54, 1.807) is 0 Å². The van der Waals surface area contributed by atoms with Crippen LogP contribution in [0.1, 0.15) is 12.8 Å². The third kappa shape index (κ3) is 1.46. The van der Waals surface area contributed by atoms with E-state index in [2.05, 4.69) is 0 Å². The number of aliphatic carboxylic acids is 4. The number of hydrogen-bond acceptors (Lipinski definition) is 4. The molecule has 6 aliphatic carbocycles. The van der Waals surface area contributed by atoms with Gasteiger partial charge in [0.2, 0.25) is 0 Å². The van der Waals surface area contributed by atoms with Crippen LogP contribution < -0.4 is 0 Å². The van der Waals surface area contributed by atoms with Crippen molar-refractivity contribution in [3.8, 4) is 0 Å². The maximum atomic E-state index is 11.7. The minimum atomic E-state index is -1.16. The summed E-state index contributed by atoms with van der Waals surface area (Å²) in [5.74, 6) is -4.94. The highest BCUT2D eigenvalue weighted by Gasteiger charge is 2.76. The zero-order chi connectivity index (χ0) is 19.8. The Labute approximate surface area is 158 Å². The Morgan fingerprint density at radius 1 is 0.500 bits per heavy atom. The van der Waals surface area contributed by atoms with E-state index in [1.807, 2.05) is 0 Å². The summed E-state index contributed by atoms with van der Waals surface area (Å²) >= 11 is 0. The summed E-state index contributed by atoms with van der Waals surface area (Å²) in [5, 5.41) is 38.2. The van der Waals surface area contributed by atoms with Crippen LogP contribution in [-0.2, 0) is 19.2 Å². The second-order valence-electron chi connectivity index (χ2n) is 9.26. The largest absolute Gasteiger partial charge is 0.478 e. The number of fused-ring (bicyclic) bond motifs is 15. The van der Waals surface area contributed by atoms with Gasteiger partial charge in [-0.15, -0.1) is 0 Å². The van der Waals surface area contributed by atoms with Crippen LogP contribution in [0.3, 0.4) is 0 Å². The third-order valence-corrected chi connectivity index (χ3v) is 8.96. The standard InChI is InChI=1S/C20H18O8/c21-17(22)13-9-3-1-4(10(9)14(13)18(23)24)8-6-2-5(7(3)8)11-12(6)16(20(27)28)15(11)19(25)26/h3-12H,1-2H2,(H,21,22)(H,23,24)(H,25,26)(H,27,28). The first-order chi connectivity index (χ1) is 13.3. The highest BCUT2D eigenvalue weighted by atomic mass is 16.4. The molecule has 28 heavy (non-hydrogen) atoms. The predicted octanol–water partition coefficient (Wildman–Crippen LogP) is 0.942. The lowest BCUT2D eigenvalue weighted by Crippen LogP contribution is -2.54. The van der Waals surface area contributed by atoms with Crippen LogP contribution in [0.4, 0.5) is 0 Å². The van der Waals surface area contributed by atoms with Gasteiger partial charge in [0.1, 0.15) is 0 Å². The summed E-state index contributed by atoms with van der Waals surface area (Å²) in [6.45, 7) is 0. The molecular formula is C20H18O8. The monoisotopic (exact) mass is 386 g/mol. The van der Waals surface area contributed by atoms with Crippen molar-refractivity contribution in [2.75, 3.05) is 0 Å². The Hall–Kier alpha value is -2.64. The zero-order valence-electron chi connectivity index (χ0n) is 14.6. The number of rotatable bonds is 4. The summed E-state index contributed by atoms with van der Waals surface area (Å²) in [7, 11) is 0. The van der Waals surface area contributed by atoms with E-state index >= 15 is 0 Å². The SMILES string of the molecule is O=C(O)C1=C(C(=O)O)C2C3CC(C12)C1C2CC(C4C(C(=O)O)=C(C(=O)O)C24)C31. The molecule has 0 spiro atoms. The van der Waals surface area contributed by atoms with E-state index in [4.69, 9.17) is 0 Å². The van der Waals surface area contributed by atoms with Gasteiger partial charge in [-0.2, -0.15) is 0 Å². The maximum absolute atomic E-state index is 11.7. The van der Waals surface area contributed by atoms with E-state index in [0.29, 0.717) is 0 Å². The molecule has 8 heteroatoms. The molecule has 4 saturated carbocycles. The van der Waals surface area contributed by atoms with Gasteiger partial charge in [-0.05, 0) is 48.3 Å². The highest BCUT2D eigenvalue weighted by molar-refractivity contribution is 6.04. The van der Waals surface area contributed by atoms with Gasteiger partial charge in [0, 0.05) is 23.7 Å². The molecule has 0 aromatic carbocycles. The van der Waals surface area contributed by atoms with Gasteiger partial charge in [0.25, 0.3) is 0 Å². The lowest BCUT2D eigenvalue weighted by atomic mass is 9.48. The lowest BCUT2D eigenvalue weighted by Gasteiger charge is -2.54. The Morgan fingerprint density at radius 3 is 0.893 bits per heavy atom. The smallest absolute Gasteiger partial charge is 0.332 e. The second-order valence-corrected chi connectivity index (χ2v) is 9.26. The molecule has 0 saturated heterocycles. The lowest BCUT2D eigenvalue weighted by molar-refractivity contribution is -0.142. The van der Waals surface area contributed by atoms with Gasteiger partial charge in [-0.1, -0.05) is 0 Å². The van der Waals surface area contributed by atoms with Crippen molar-refractivity contribution in [3.63, 3.8) is 0 Å². The first-order valence-corrected chi connectivity index (χ1v) is 9.67. The van der Waals surface area contributed by atoms with Crippen LogP contribution in [0.15, 0.2) is 22.3 Å². The molecule has 4 bridgehead atoms. The van der Waals surface area contributed by atoms with Crippen molar-refractivity contribution in [2.45, 2.75) is 12.8 Å². The van der Waals surface area contributed by atoms with E-state index < -0.39 is 23.9 Å². The fraction of sp³-hybridized carbons (Fsp3) is 0.600. The van der Waals surface area contributed by atoms with Crippen molar-refractivity contribution in [1.29, 1.82) is 0 Å². The predicted molar refractivity (Wildman–Crippen MR) is 88.7 cm³/mol. The van der Waals surface area contributed by atoms with Gasteiger partial charge in [-0.3, -0.25) is 0 Å². The van der Waals surface area contributed by atoms with Gasteiger partial charge in [-0.25, -0.2) is 19.2 Å². The van der Waals surface area contributed by atoms with Gasteiger partial charge >= 0.3 is 23.9 Å². The van der Waals surface area contributed by atoms with E-state index in [-0.39, 0.29) is 81.5 Å². The van der Waals surface area contributed by atoms with Crippen molar-refractivity contribution < 1.29 is 39.6 Å². The number of carboxylic acid groups (broad SMARTS) is 4. The summed E-state index contributed by atoms with van der Waals surface area (Å²) < 4.78 is 0. The molecule has 146 valence electrons. The summed E-state index contributed by atoms with van der Waals surface area (Å²) in [4.78, 5) is 46.7. The number of hydrogen-bond donors (Lipinski definition) is 4. The molecule has 4 fully saturated rings. The molecule has 0 aromatic heterocycles. The van der Waals surface area contributed by atoms with E-state index in [0.717, 1.165) is 12.8 Å². The molecule has 0 aliphatic heterocycles. The number of carboxylic acids is 4. The quantitative estimate of drug-likeness (QED) is 0.522. The summed E-state index contributed by atoms with van der Waals surface area (Å²) in [6, 6.07) is 0. The fourth-order valence-electron chi connectivity index (χ4n) is 8.77. The molecule has 8 nitrogen and oxygen atoms in total. The molecule has 6 rings (SSSR count). The molecule has 0 aromatic rings. The zero-order valence-corrected chi connectivity index (χ0v) is 14.6. The normalized spacial score (nSPS) is 48.6. The molecule has 8 unspecified atom stereocenters. The summed E-state index contributed by atoms with van der Waals surface area (Å²) in [5.41, 5.74) is 0.154. The average molecular weight is 386 g/mol. The molecule has 0 heterocycles. The van der Waals surface area contributed by atoms with E-state index in [1.165, 1.54) is 0 Å². The van der Waals surface area contributed by atoms with Gasteiger partial charge in [0.15, 0.2) is 0 Å². The first kappa shape index (κ1) is 16.3. The first-order valence-electron chi connectivity index (χ1n) is 9.67. The van der Waals surface area contributed by atoms with Crippen LogP contribution in [0.2, 0.25) is 0 Å². The minimum Gasteiger partial charge on any atom is -0.478 e. The van der Waals surface area contributed by atoms with Crippen LogP contribution in [-0.4, -0.2) is 44.3 Å². The van der Waals surface area contributed by atoms with Crippen molar-refractivity contribution in [1.82, 2.24) is 0 Å². The van der Waals surface area contributed by atoms with Crippen LogP contribution >= 0.6 is 0 Å². The van der Waals surface area contributed by atoms with Crippen molar-refractivity contribution in [3.05, 3.63) is 22.3 Å². The Bertz CT molecular complexity index is 823. The fourth-order valence-corrected chi connectivity index (χ4v) is 8.77. The number of carbonyl (C=O) groups is 4. The van der Waals surface area contributed by atoms with Crippen molar-refractivity contribution >= 4 is 23.9 Å².